The second-order valence-corrected chi connectivity index (χ2v) is 8.75. The van der Waals surface area contributed by atoms with Gasteiger partial charge in [0.25, 0.3) is 6.02 Å². The van der Waals surface area contributed by atoms with Crippen LogP contribution in [0.4, 0.5) is 8.78 Å². The molecule has 170 valence electrons. The van der Waals surface area contributed by atoms with E-state index in [4.69, 9.17) is 19.9 Å². The third-order valence-electron chi connectivity index (χ3n) is 6.15. The van der Waals surface area contributed by atoms with Crippen molar-refractivity contribution < 1.29 is 23.0 Å². The SMILES string of the molecule is CC1(C#Cc2cnc3c(c2)[C@]2(COC(N)=N2)c2cc(-c4cccnc4F)c(F)cc2O3)COC1. The lowest BCUT2D eigenvalue weighted by Crippen LogP contribution is -2.38. The molecule has 5 heterocycles. The van der Waals surface area contributed by atoms with Crippen molar-refractivity contribution in [2.75, 3.05) is 19.8 Å². The van der Waals surface area contributed by atoms with Crippen LogP contribution in [0.1, 0.15) is 23.6 Å². The molecule has 0 unspecified atom stereocenters. The maximum Gasteiger partial charge on any atom is 0.283 e. The number of pyridine rings is 2. The summed E-state index contributed by atoms with van der Waals surface area (Å²) < 4.78 is 46.2. The molecule has 2 N–H and O–H groups in total. The van der Waals surface area contributed by atoms with Gasteiger partial charge in [0.15, 0.2) is 5.54 Å². The molecule has 0 aliphatic carbocycles. The first kappa shape index (κ1) is 20.6. The van der Waals surface area contributed by atoms with Gasteiger partial charge in [-0.15, -0.1) is 0 Å². The number of hydrogen-bond donors (Lipinski definition) is 1. The average Bonchev–Trinajstić information content (AvgIpc) is 3.19. The van der Waals surface area contributed by atoms with Gasteiger partial charge in [-0.05, 0) is 31.2 Å². The molecule has 9 heteroatoms. The van der Waals surface area contributed by atoms with Gasteiger partial charge in [-0.2, -0.15) is 4.39 Å². The van der Waals surface area contributed by atoms with Gasteiger partial charge in [-0.3, -0.25) is 0 Å². The normalized spacial score (nSPS) is 21.2. The number of ether oxygens (including phenoxy) is 3. The largest absolute Gasteiger partial charge is 0.462 e. The van der Waals surface area contributed by atoms with E-state index in [-0.39, 0.29) is 40.8 Å². The smallest absolute Gasteiger partial charge is 0.283 e. The number of rotatable bonds is 1. The van der Waals surface area contributed by atoms with Gasteiger partial charge in [-0.25, -0.2) is 19.4 Å². The molecule has 1 aromatic carbocycles. The van der Waals surface area contributed by atoms with Crippen molar-refractivity contribution in [2.45, 2.75) is 12.5 Å². The molecule has 1 fully saturated rings. The molecule has 1 saturated heterocycles. The average molecular weight is 460 g/mol. The number of aromatic nitrogens is 2. The fourth-order valence-corrected chi connectivity index (χ4v) is 4.31. The van der Waals surface area contributed by atoms with Crippen molar-refractivity contribution in [2.24, 2.45) is 16.1 Å². The van der Waals surface area contributed by atoms with E-state index in [1.807, 2.05) is 13.0 Å². The van der Waals surface area contributed by atoms with Crippen molar-refractivity contribution in [3.63, 3.8) is 0 Å². The van der Waals surface area contributed by atoms with Crippen molar-refractivity contribution in [3.05, 3.63) is 71.2 Å². The molecule has 3 aromatic rings. The third-order valence-corrected chi connectivity index (χ3v) is 6.15. The van der Waals surface area contributed by atoms with Crippen molar-refractivity contribution >= 4 is 6.02 Å². The van der Waals surface area contributed by atoms with Crippen molar-refractivity contribution in [3.8, 4) is 34.6 Å². The Bertz CT molecular complexity index is 1440. The fourth-order valence-electron chi connectivity index (χ4n) is 4.31. The molecule has 6 rings (SSSR count). The lowest BCUT2D eigenvalue weighted by atomic mass is 9.81. The van der Waals surface area contributed by atoms with Gasteiger partial charge < -0.3 is 19.9 Å². The molecule has 0 radical (unpaired) electrons. The van der Waals surface area contributed by atoms with E-state index in [1.165, 1.54) is 30.5 Å². The summed E-state index contributed by atoms with van der Waals surface area (Å²) in [5.74, 6) is 5.36. The molecule has 3 aliphatic heterocycles. The third kappa shape index (κ3) is 3.10. The summed E-state index contributed by atoms with van der Waals surface area (Å²) in [7, 11) is 0. The highest BCUT2D eigenvalue weighted by Gasteiger charge is 2.48. The predicted molar refractivity (Wildman–Crippen MR) is 118 cm³/mol. The van der Waals surface area contributed by atoms with E-state index >= 15 is 4.39 Å². The molecule has 1 spiro atoms. The van der Waals surface area contributed by atoms with E-state index in [0.717, 1.165) is 0 Å². The van der Waals surface area contributed by atoms with E-state index < -0.39 is 17.3 Å². The Balaban J connectivity index is 1.53. The van der Waals surface area contributed by atoms with Crippen LogP contribution in [0.2, 0.25) is 0 Å². The predicted octanol–water partition coefficient (Wildman–Crippen LogP) is 3.50. The van der Waals surface area contributed by atoms with Crippen LogP contribution in [0.5, 0.6) is 11.6 Å². The van der Waals surface area contributed by atoms with Crippen LogP contribution in [-0.2, 0) is 15.0 Å². The van der Waals surface area contributed by atoms with E-state index in [0.29, 0.717) is 29.9 Å². The van der Waals surface area contributed by atoms with Crippen LogP contribution >= 0.6 is 0 Å². The van der Waals surface area contributed by atoms with Crippen LogP contribution in [0, 0.1) is 29.0 Å². The van der Waals surface area contributed by atoms with Crippen LogP contribution in [0.15, 0.2) is 47.7 Å². The summed E-state index contributed by atoms with van der Waals surface area (Å²) in [6.07, 6.45) is 2.89. The Kier molecular flexibility index (Phi) is 4.38. The van der Waals surface area contributed by atoms with Gasteiger partial charge in [-0.1, -0.05) is 11.8 Å². The van der Waals surface area contributed by atoms with E-state index in [2.05, 4.69) is 26.8 Å². The van der Waals surface area contributed by atoms with E-state index in [9.17, 15) is 4.39 Å². The maximum atomic E-state index is 15.1. The van der Waals surface area contributed by atoms with Crippen molar-refractivity contribution in [1.29, 1.82) is 0 Å². The molecule has 0 amide bonds. The first-order valence-electron chi connectivity index (χ1n) is 10.6. The van der Waals surface area contributed by atoms with Crippen LogP contribution < -0.4 is 10.5 Å². The van der Waals surface area contributed by atoms with Gasteiger partial charge in [0.2, 0.25) is 11.8 Å². The van der Waals surface area contributed by atoms with Crippen molar-refractivity contribution in [1.82, 2.24) is 9.97 Å². The number of fused-ring (bicyclic) bond motifs is 4. The Hall–Kier alpha value is -4.03. The lowest BCUT2D eigenvalue weighted by molar-refractivity contribution is -0.0648. The number of aliphatic imine (C=N–C) groups is 1. The molecule has 1 atom stereocenters. The molecule has 7 nitrogen and oxygen atoms in total. The monoisotopic (exact) mass is 460 g/mol. The molecule has 2 aromatic heterocycles. The van der Waals surface area contributed by atoms with Crippen LogP contribution in [0.3, 0.4) is 0 Å². The number of amidine groups is 1. The minimum absolute atomic E-state index is 0.0205. The summed E-state index contributed by atoms with van der Waals surface area (Å²) in [4.78, 5) is 12.6. The Morgan fingerprint density at radius 3 is 2.62 bits per heavy atom. The highest BCUT2D eigenvalue weighted by atomic mass is 19.1. The number of halogens is 2. The fraction of sp³-hybridized carbons (Fsp3) is 0.240. The highest BCUT2D eigenvalue weighted by Crippen LogP contribution is 2.51. The number of nitrogens with zero attached hydrogens (tertiary/aromatic N) is 3. The topological polar surface area (TPSA) is 91.9 Å². The van der Waals surface area contributed by atoms with Gasteiger partial charge in [0, 0.05) is 40.7 Å². The minimum Gasteiger partial charge on any atom is -0.462 e. The summed E-state index contributed by atoms with van der Waals surface area (Å²) in [6.45, 7) is 3.23. The number of benzene rings is 1. The molecular weight excluding hydrogens is 442 g/mol. The zero-order valence-electron chi connectivity index (χ0n) is 18.1. The lowest BCUT2D eigenvalue weighted by Gasteiger charge is -2.33. The summed E-state index contributed by atoms with van der Waals surface area (Å²) in [6, 6.07) is 7.49. The van der Waals surface area contributed by atoms with Crippen LogP contribution in [0.25, 0.3) is 11.1 Å². The quantitative estimate of drug-likeness (QED) is 0.442. The van der Waals surface area contributed by atoms with Gasteiger partial charge in [0.05, 0.1) is 24.2 Å². The summed E-state index contributed by atoms with van der Waals surface area (Å²) in [5.41, 5.74) is 6.32. The number of hydrogen-bond acceptors (Lipinski definition) is 7. The zero-order valence-corrected chi connectivity index (χ0v) is 18.1. The molecule has 0 saturated carbocycles. The zero-order chi connectivity index (χ0) is 23.5. The Labute approximate surface area is 193 Å². The Morgan fingerprint density at radius 1 is 1.06 bits per heavy atom. The van der Waals surface area contributed by atoms with Gasteiger partial charge >= 0.3 is 0 Å². The van der Waals surface area contributed by atoms with Crippen LogP contribution in [-0.4, -0.2) is 35.8 Å². The molecule has 0 bridgehead atoms. The second-order valence-electron chi connectivity index (χ2n) is 8.75. The molecule has 34 heavy (non-hydrogen) atoms. The standard InChI is InChI=1S/C25H18F2N4O3/c1-24(11-32-12-24)5-4-14-7-18-22(30-10-14)34-20-9-19(26)16(15-3-2-6-29-21(15)27)8-17(20)25(18)13-33-23(28)31-25/h2-3,6-10H,11-13H2,1H3,(H2,28,31)/t25-/m0/s1. The second kappa shape index (κ2) is 7.23. The summed E-state index contributed by atoms with van der Waals surface area (Å²) in [5, 5.41) is 0. The molecule has 3 aliphatic rings. The molecular formula is C25H18F2N4O3. The maximum absolute atomic E-state index is 15.1. The van der Waals surface area contributed by atoms with E-state index in [1.54, 1.807) is 6.20 Å². The van der Waals surface area contributed by atoms with Gasteiger partial charge in [0.1, 0.15) is 18.2 Å². The highest BCUT2D eigenvalue weighted by molar-refractivity contribution is 5.78. The number of nitrogens with two attached hydrogens (primary N) is 1. The summed E-state index contributed by atoms with van der Waals surface area (Å²) >= 11 is 0. The minimum atomic E-state index is -1.15. The Morgan fingerprint density at radius 2 is 1.91 bits per heavy atom. The first-order valence-corrected chi connectivity index (χ1v) is 10.6. The first-order chi connectivity index (χ1) is 16.4.